The van der Waals surface area contributed by atoms with Gasteiger partial charge in [0.25, 0.3) is 5.91 Å². The number of aromatic nitrogens is 3. The van der Waals surface area contributed by atoms with Gasteiger partial charge in [0.1, 0.15) is 17.5 Å². The highest BCUT2D eigenvalue weighted by Gasteiger charge is 2.29. The number of nitrogens with one attached hydrogen (secondary N) is 1. The smallest absolute Gasteiger partial charge is 0.274 e. The lowest BCUT2D eigenvalue weighted by Gasteiger charge is -2.17. The van der Waals surface area contributed by atoms with Crippen LogP contribution in [0.1, 0.15) is 35.2 Å². The van der Waals surface area contributed by atoms with Gasteiger partial charge in [-0.05, 0) is 13.0 Å². The Bertz CT molecular complexity index is 794. The van der Waals surface area contributed by atoms with Gasteiger partial charge in [-0.25, -0.2) is 4.98 Å². The fourth-order valence-corrected chi connectivity index (χ4v) is 2.71. The van der Waals surface area contributed by atoms with Crippen LogP contribution in [0.15, 0.2) is 30.7 Å². The average Bonchev–Trinajstić information content (AvgIpc) is 3.09. The lowest BCUT2D eigenvalue weighted by atomic mass is 10.3. The molecule has 3 rings (SSSR count). The molecule has 1 atom stereocenters. The molecule has 8 heteroatoms. The molecule has 1 fully saturated rings. The standard InChI is InChI=1S/C18H21N5O3/c1-12-8-22-17(10-20-12)18(25)23-6-4-16(11-23)26-15-3-5-19-14(7-15)9-21-13(2)24/h3,5,7-8,10,16H,4,6,9,11H2,1-2H3,(H,21,24). The molecule has 0 bridgehead atoms. The highest BCUT2D eigenvalue weighted by atomic mass is 16.5. The molecule has 136 valence electrons. The van der Waals surface area contributed by atoms with E-state index < -0.39 is 0 Å². The summed E-state index contributed by atoms with van der Waals surface area (Å²) in [5, 5.41) is 2.70. The van der Waals surface area contributed by atoms with Gasteiger partial charge < -0.3 is 15.0 Å². The second-order valence-corrected chi connectivity index (χ2v) is 6.22. The van der Waals surface area contributed by atoms with Gasteiger partial charge >= 0.3 is 0 Å². The van der Waals surface area contributed by atoms with E-state index in [0.717, 1.165) is 17.8 Å². The summed E-state index contributed by atoms with van der Waals surface area (Å²) in [7, 11) is 0. The summed E-state index contributed by atoms with van der Waals surface area (Å²) in [6.45, 7) is 4.76. The highest BCUT2D eigenvalue weighted by molar-refractivity contribution is 5.92. The second-order valence-electron chi connectivity index (χ2n) is 6.22. The van der Waals surface area contributed by atoms with Crippen molar-refractivity contribution in [1.29, 1.82) is 0 Å². The summed E-state index contributed by atoms with van der Waals surface area (Å²) in [5.41, 5.74) is 1.84. The van der Waals surface area contributed by atoms with E-state index in [1.807, 2.05) is 6.92 Å². The number of amides is 2. The Morgan fingerprint density at radius 3 is 2.88 bits per heavy atom. The van der Waals surface area contributed by atoms with Crippen molar-refractivity contribution in [3.8, 4) is 5.75 Å². The Hall–Kier alpha value is -3.03. The van der Waals surface area contributed by atoms with Crippen LogP contribution in [-0.2, 0) is 11.3 Å². The van der Waals surface area contributed by atoms with Crippen LogP contribution >= 0.6 is 0 Å². The number of rotatable bonds is 5. The van der Waals surface area contributed by atoms with Crippen LogP contribution in [0.3, 0.4) is 0 Å². The predicted molar refractivity (Wildman–Crippen MR) is 93.5 cm³/mol. The molecule has 0 saturated carbocycles. The van der Waals surface area contributed by atoms with Gasteiger partial charge in [0.15, 0.2) is 0 Å². The van der Waals surface area contributed by atoms with E-state index in [1.54, 1.807) is 29.4 Å². The Labute approximate surface area is 151 Å². The SMILES string of the molecule is CC(=O)NCc1cc(OC2CCN(C(=O)c3cnc(C)cn3)C2)ccn1. The summed E-state index contributed by atoms with van der Waals surface area (Å²) in [4.78, 5) is 37.7. The summed E-state index contributed by atoms with van der Waals surface area (Å²) in [6.07, 6.45) is 5.39. The molecule has 1 N–H and O–H groups in total. The van der Waals surface area contributed by atoms with Crippen LogP contribution in [-0.4, -0.2) is 50.9 Å². The van der Waals surface area contributed by atoms with Crippen LogP contribution in [0.4, 0.5) is 0 Å². The van der Waals surface area contributed by atoms with Crippen LogP contribution < -0.4 is 10.1 Å². The highest BCUT2D eigenvalue weighted by Crippen LogP contribution is 2.20. The first kappa shape index (κ1) is 17.8. The maximum absolute atomic E-state index is 12.5. The molecular formula is C18H21N5O3. The van der Waals surface area contributed by atoms with Gasteiger partial charge in [-0.3, -0.25) is 19.6 Å². The Morgan fingerprint density at radius 1 is 1.31 bits per heavy atom. The van der Waals surface area contributed by atoms with E-state index in [-0.39, 0.29) is 17.9 Å². The third-order valence-electron chi connectivity index (χ3n) is 4.04. The summed E-state index contributed by atoms with van der Waals surface area (Å²) in [5.74, 6) is 0.432. The lowest BCUT2D eigenvalue weighted by molar-refractivity contribution is -0.119. The van der Waals surface area contributed by atoms with Crippen molar-refractivity contribution in [2.75, 3.05) is 13.1 Å². The molecule has 2 aromatic heterocycles. The van der Waals surface area contributed by atoms with Crippen molar-refractivity contribution in [2.24, 2.45) is 0 Å². The first-order valence-corrected chi connectivity index (χ1v) is 8.45. The minimum absolute atomic E-state index is 0.0895. The van der Waals surface area contributed by atoms with Crippen molar-refractivity contribution in [2.45, 2.75) is 32.9 Å². The number of hydrogen-bond donors (Lipinski definition) is 1. The quantitative estimate of drug-likeness (QED) is 0.863. The van der Waals surface area contributed by atoms with Crippen LogP contribution in [0.5, 0.6) is 5.75 Å². The number of likely N-dealkylation sites (tertiary alicyclic amines) is 1. The van der Waals surface area contributed by atoms with Gasteiger partial charge in [-0.15, -0.1) is 0 Å². The van der Waals surface area contributed by atoms with E-state index in [2.05, 4.69) is 20.3 Å². The van der Waals surface area contributed by atoms with Crippen LogP contribution in [0, 0.1) is 6.92 Å². The Morgan fingerprint density at radius 2 is 2.15 bits per heavy atom. The molecule has 1 unspecified atom stereocenters. The van der Waals surface area contributed by atoms with E-state index in [4.69, 9.17) is 4.74 Å². The van der Waals surface area contributed by atoms with Crippen LogP contribution in [0.2, 0.25) is 0 Å². The van der Waals surface area contributed by atoms with Crippen molar-refractivity contribution < 1.29 is 14.3 Å². The minimum Gasteiger partial charge on any atom is -0.488 e. The molecule has 2 amide bonds. The fourth-order valence-electron chi connectivity index (χ4n) is 2.71. The molecule has 0 radical (unpaired) electrons. The average molecular weight is 355 g/mol. The minimum atomic E-state index is -0.135. The van der Waals surface area contributed by atoms with Gasteiger partial charge in [-0.2, -0.15) is 0 Å². The summed E-state index contributed by atoms with van der Waals surface area (Å²) >= 11 is 0. The zero-order valence-electron chi connectivity index (χ0n) is 14.8. The van der Waals surface area contributed by atoms with E-state index >= 15 is 0 Å². The van der Waals surface area contributed by atoms with Gasteiger partial charge in [0.2, 0.25) is 5.91 Å². The zero-order valence-corrected chi connectivity index (χ0v) is 14.8. The monoisotopic (exact) mass is 355 g/mol. The van der Waals surface area contributed by atoms with Crippen molar-refractivity contribution >= 4 is 11.8 Å². The maximum atomic E-state index is 12.5. The first-order valence-electron chi connectivity index (χ1n) is 8.45. The molecule has 3 heterocycles. The molecule has 1 aliphatic rings. The molecule has 26 heavy (non-hydrogen) atoms. The number of carbonyl (C=O) groups excluding carboxylic acids is 2. The first-order chi connectivity index (χ1) is 12.5. The normalized spacial score (nSPS) is 16.4. The number of pyridine rings is 1. The summed E-state index contributed by atoms with van der Waals surface area (Å²) < 4.78 is 5.98. The number of aryl methyl sites for hydroxylation is 1. The third-order valence-corrected chi connectivity index (χ3v) is 4.04. The van der Waals surface area contributed by atoms with Crippen LogP contribution in [0.25, 0.3) is 0 Å². The third kappa shape index (κ3) is 4.53. The Balaban J connectivity index is 1.57. The molecule has 1 aliphatic heterocycles. The Kier molecular flexibility index (Phi) is 5.40. The topological polar surface area (TPSA) is 97.3 Å². The van der Waals surface area contributed by atoms with E-state index in [9.17, 15) is 9.59 Å². The molecule has 2 aromatic rings. The number of ether oxygens (including phenoxy) is 1. The number of carbonyl (C=O) groups is 2. The molecule has 0 spiro atoms. The number of hydrogen-bond acceptors (Lipinski definition) is 6. The van der Waals surface area contributed by atoms with Gasteiger partial charge in [0.05, 0.1) is 30.7 Å². The molecule has 0 aliphatic carbocycles. The van der Waals surface area contributed by atoms with Crippen molar-refractivity contribution in [3.05, 3.63) is 47.8 Å². The van der Waals surface area contributed by atoms with E-state index in [0.29, 0.717) is 31.1 Å². The van der Waals surface area contributed by atoms with Gasteiger partial charge in [0, 0.05) is 38.3 Å². The summed E-state index contributed by atoms with van der Waals surface area (Å²) in [6, 6.07) is 3.57. The van der Waals surface area contributed by atoms with Gasteiger partial charge in [-0.1, -0.05) is 0 Å². The largest absolute Gasteiger partial charge is 0.488 e. The zero-order chi connectivity index (χ0) is 18.5. The molecular weight excluding hydrogens is 334 g/mol. The lowest BCUT2D eigenvalue weighted by Crippen LogP contribution is -2.31. The van der Waals surface area contributed by atoms with Crippen molar-refractivity contribution in [3.63, 3.8) is 0 Å². The predicted octanol–water partition coefficient (Wildman–Crippen LogP) is 1.11. The second kappa shape index (κ2) is 7.90. The van der Waals surface area contributed by atoms with E-state index in [1.165, 1.54) is 13.1 Å². The van der Waals surface area contributed by atoms with Crippen molar-refractivity contribution in [1.82, 2.24) is 25.2 Å². The fraction of sp³-hybridized carbons (Fsp3) is 0.389. The molecule has 0 aromatic carbocycles. The molecule has 8 nitrogen and oxygen atoms in total. The maximum Gasteiger partial charge on any atom is 0.274 e. The number of nitrogens with zero attached hydrogens (tertiary/aromatic N) is 4. The molecule has 1 saturated heterocycles.